The third-order valence-corrected chi connectivity index (χ3v) is 3.69. The van der Waals surface area contributed by atoms with Gasteiger partial charge in [-0.2, -0.15) is 0 Å². The molecule has 0 nitrogen and oxygen atoms in total. The van der Waals surface area contributed by atoms with E-state index in [0.717, 1.165) is 16.1 Å². The van der Waals surface area contributed by atoms with Gasteiger partial charge in [-0.05, 0) is 48.7 Å². The number of halogens is 1. The lowest BCUT2D eigenvalue weighted by Crippen LogP contribution is -1.90. The first-order valence-corrected chi connectivity index (χ1v) is 7.49. The summed E-state index contributed by atoms with van der Waals surface area (Å²) in [5, 5.41) is 0.733. The van der Waals surface area contributed by atoms with Gasteiger partial charge in [-0.3, -0.25) is 0 Å². The molecule has 2 aromatic carbocycles. The normalized spacial score (nSPS) is 11.2. The second kappa shape index (κ2) is 7.16. The Bertz CT molecular complexity index is 695. The molecule has 0 fully saturated rings. The van der Waals surface area contributed by atoms with Gasteiger partial charge in [-0.15, -0.1) is 0 Å². The monoisotopic (exact) mass is 294 g/mol. The van der Waals surface area contributed by atoms with E-state index in [-0.39, 0.29) is 0 Å². The molecule has 2 rings (SSSR count). The molecule has 2 aromatic rings. The largest absolute Gasteiger partial charge is 0.0843 e. The quantitative estimate of drug-likeness (QED) is 0.614. The van der Waals surface area contributed by atoms with Crippen molar-refractivity contribution in [3.05, 3.63) is 75.8 Å². The third kappa shape index (κ3) is 4.52. The molecule has 0 aliphatic carbocycles. The van der Waals surface area contributed by atoms with E-state index in [4.69, 9.17) is 11.6 Å². The Morgan fingerprint density at radius 2 is 1.67 bits per heavy atom. The summed E-state index contributed by atoms with van der Waals surface area (Å²) in [5.74, 6) is 6.99. The zero-order valence-corrected chi connectivity index (χ0v) is 13.4. The van der Waals surface area contributed by atoms with Crippen molar-refractivity contribution in [3.8, 4) is 11.8 Å². The molecule has 0 amide bonds. The lowest BCUT2D eigenvalue weighted by Gasteiger charge is -2.06. The van der Waals surface area contributed by atoms with Crippen molar-refractivity contribution < 1.29 is 0 Å². The highest BCUT2D eigenvalue weighted by Gasteiger charge is 2.00. The fourth-order valence-corrected chi connectivity index (χ4v) is 1.95. The standard InChI is InChI=1S/C20H19Cl/c1-15(2)16(3)14-19-7-5-4-6-18(19)11-8-17-9-12-20(21)13-10-17/h4-7,9-10,12-15H,1-3H3/b16-14+. The summed E-state index contributed by atoms with van der Waals surface area (Å²) in [5.41, 5.74) is 4.55. The van der Waals surface area contributed by atoms with Crippen molar-refractivity contribution in [2.24, 2.45) is 5.92 Å². The van der Waals surface area contributed by atoms with Gasteiger partial charge in [-0.1, -0.05) is 67.1 Å². The molecule has 0 bridgehead atoms. The van der Waals surface area contributed by atoms with Crippen LogP contribution in [0.15, 0.2) is 54.1 Å². The minimum absolute atomic E-state index is 0.544. The van der Waals surface area contributed by atoms with Gasteiger partial charge in [0, 0.05) is 16.1 Å². The van der Waals surface area contributed by atoms with Crippen LogP contribution in [0, 0.1) is 17.8 Å². The maximum atomic E-state index is 5.89. The molecule has 21 heavy (non-hydrogen) atoms. The molecule has 0 N–H and O–H groups in total. The predicted octanol–water partition coefficient (Wildman–Crippen LogP) is 5.80. The van der Waals surface area contributed by atoms with Gasteiger partial charge in [0.1, 0.15) is 0 Å². The van der Waals surface area contributed by atoms with Crippen LogP contribution in [0.1, 0.15) is 37.5 Å². The minimum atomic E-state index is 0.544. The van der Waals surface area contributed by atoms with E-state index in [1.807, 2.05) is 36.4 Å². The molecule has 1 heteroatoms. The van der Waals surface area contributed by atoms with Crippen molar-refractivity contribution in [1.82, 2.24) is 0 Å². The number of allylic oxidation sites excluding steroid dienone is 1. The fourth-order valence-electron chi connectivity index (χ4n) is 1.82. The van der Waals surface area contributed by atoms with Gasteiger partial charge in [0.15, 0.2) is 0 Å². The van der Waals surface area contributed by atoms with Crippen LogP contribution in [0.25, 0.3) is 6.08 Å². The van der Waals surface area contributed by atoms with Crippen LogP contribution in [0.3, 0.4) is 0 Å². The van der Waals surface area contributed by atoms with Gasteiger partial charge < -0.3 is 0 Å². The number of hydrogen-bond acceptors (Lipinski definition) is 0. The van der Waals surface area contributed by atoms with Gasteiger partial charge in [0.25, 0.3) is 0 Å². The zero-order chi connectivity index (χ0) is 15.2. The number of rotatable bonds is 2. The van der Waals surface area contributed by atoms with Crippen LogP contribution < -0.4 is 0 Å². The SMILES string of the molecule is C/C(=C\c1ccccc1C#Cc1ccc(Cl)cc1)C(C)C. The van der Waals surface area contributed by atoms with E-state index < -0.39 is 0 Å². The van der Waals surface area contributed by atoms with Crippen molar-refractivity contribution >= 4 is 17.7 Å². The second-order valence-corrected chi connectivity index (χ2v) is 5.82. The molecule has 0 aliphatic rings. The fraction of sp³-hybridized carbons (Fsp3) is 0.200. The first kappa shape index (κ1) is 15.4. The Kier molecular flexibility index (Phi) is 5.26. The van der Waals surface area contributed by atoms with E-state index in [0.29, 0.717) is 5.92 Å². The number of hydrogen-bond donors (Lipinski definition) is 0. The highest BCUT2D eigenvalue weighted by molar-refractivity contribution is 6.30. The predicted molar refractivity (Wildman–Crippen MR) is 92.4 cm³/mol. The summed E-state index contributed by atoms with van der Waals surface area (Å²) in [6, 6.07) is 15.8. The van der Waals surface area contributed by atoms with Gasteiger partial charge in [0.2, 0.25) is 0 Å². The summed E-state index contributed by atoms with van der Waals surface area (Å²) in [6.45, 7) is 6.57. The maximum absolute atomic E-state index is 5.89. The molecular formula is C20H19Cl. The van der Waals surface area contributed by atoms with Gasteiger partial charge in [-0.25, -0.2) is 0 Å². The third-order valence-electron chi connectivity index (χ3n) is 3.44. The molecule has 0 radical (unpaired) electrons. The van der Waals surface area contributed by atoms with E-state index in [1.165, 1.54) is 11.1 Å². The van der Waals surface area contributed by atoms with Crippen LogP contribution in [-0.4, -0.2) is 0 Å². The molecule has 0 saturated heterocycles. The first-order valence-electron chi connectivity index (χ1n) is 7.11. The van der Waals surface area contributed by atoms with Crippen LogP contribution in [0.5, 0.6) is 0 Å². The Balaban J connectivity index is 2.34. The summed E-state index contributed by atoms with van der Waals surface area (Å²) >= 11 is 5.89. The molecule has 0 unspecified atom stereocenters. The smallest absolute Gasteiger partial charge is 0.0406 e. The van der Waals surface area contributed by atoms with Gasteiger partial charge >= 0.3 is 0 Å². The highest BCUT2D eigenvalue weighted by Crippen LogP contribution is 2.17. The summed E-state index contributed by atoms with van der Waals surface area (Å²) in [4.78, 5) is 0. The minimum Gasteiger partial charge on any atom is -0.0843 e. The van der Waals surface area contributed by atoms with Gasteiger partial charge in [0.05, 0.1) is 0 Å². The molecule has 0 atom stereocenters. The van der Waals surface area contributed by atoms with Crippen LogP contribution in [0.4, 0.5) is 0 Å². The summed E-state index contributed by atoms with van der Waals surface area (Å²) < 4.78 is 0. The average Bonchev–Trinajstić information content (AvgIpc) is 2.48. The Morgan fingerprint density at radius 1 is 1.00 bits per heavy atom. The van der Waals surface area contributed by atoms with E-state index >= 15 is 0 Å². The molecule has 0 saturated carbocycles. The second-order valence-electron chi connectivity index (χ2n) is 5.39. The number of benzene rings is 2. The lowest BCUT2D eigenvalue weighted by molar-refractivity contribution is 0.776. The molecule has 0 aromatic heterocycles. The molecule has 0 spiro atoms. The highest BCUT2D eigenvalue weighted by atomic mass is 35.5. The molecule has 106 valence electrons. The Labute approximate surface area is 132 Å². The van der Waals surface area contributed by atoms with E-state index in [2.05, 4.69) is 50.8 Å². The summed E-state index contributed by atoms with van der Waals surface area (Å²) in [6.07, 6.45) is 2.22. The molecule has 0 heterocycles. The topological polar surface area (TPSA) is 0 Å². The van der Waals surface area contributed by atoms with Crippen molar-refractivity contribution in [1.29, 1.82) is 0 Å². The Morgan fingerprint density at radius 3 is 2.33 bits per heavy atom. The van der Waals surface area contributed by atoms with Crippen LogP contribution in [0.2, 0.25) is 5.02 Å². The Hall–Kier alpha value is -1.97. The van der Waals surface area contributed by atoms with E-state index in [9.17, 15) is 0 Å². The lowest BCUT2D eigenvalue weighted by atomic mass is 9.99. The van der Waals surface area contributed by atoms with Crippen molar-refractivity contribution in [2.45, 2.75) is 20.8 Å². The zero-order valence-electron chi connectivity index (χ0n) is 12.7. The molecular weight excluding hydrogens is 276 g/mol. The first-order chi connectivity index (χ1) is 10.1. The van der Waals surface area contributed by atoms with Crippen molar-refractivity contribution in [2.75, 3.05) is 0 Å². The maximum Gasteiger partial charge on any atom is 0.0406 e. The van der Waals surface area contributed by atoms with Crippen LogP contribution in [-0.2, 0) is 0 Å². The molecule has 0 aliphatic heterocycles. The average molecular weight is 295 g/mol. The van der Waals surface area contributed by atoms with Crippen LogP contribution >= 0.6 is 11.6 Å². The summed E-state index contributed by atoms with van der Waals surface area (Å²) in [7, 11) is 0. The van der Waals surface area contributed by atoms with Crippen molar-refractivity contribution in [3.63, 3.8) is 0 Å². The van der Waals surface area contributed by atoms with E-state index in [1.54, 1.807) is 0 Å².